The fourth-order valence-corrected chi connectivity index (χ4v) is 4.41. The second-order valence-corrected chi connectivity index (χ2v) is 8.56. The Hall–Kier alpha value is -2.58. The van der Waals surface area contributed by atoms with Crippen LogP contribution in [0, 0.1) is 6.92 Å². The molecule has 0 spiro atoms. The van der Waals surface area contributed by atoms with Gasteiger partial charge in [-0.25, -0.2) is 8.42 Å². The fourth-order valence-electron chi connectivity index (χ4n) is 3.08. The van der Waals surface area contributed by atoms with Crippen molar-refractivity contribution in [3.8, 4) is 5.75 Å². The zero-order valence-electron chi connectivity index (χ0n) is 16.3. The summed E-state index contributed by atoms with van der Waals surface area (Å²) in [7, 11) is -0.265. The number of aryl methyl sites for hydroxylation is 1. The predicted octanol–water partition coefficient (Wildman–Crippen LogP) is 2.19. The van der Waals surface area contributed by atoms with Crippen LogP contribution in [-0.2, 0) is 10.0 Å². The molecule has 1 heterocycles. The molecule has 2 aromatic carbocycles. The summed E-state index contributed by atoms with van der Waals surface area (Å²) in [6.45, 7) is 4.60. The van der Waals surface area contributed by atoms with Gasteiger partial charge >= 0.3 is 0 Å². The highest BCUT2D eigenvalue weighted by Gasteiger charge is 2.23. The number of amides is 1. The topological polar surface area (TPSA) is 78.9 Å². The van der Waals surface area contributed by atoms with Crippen LogP contribution < -0.4 is 9.46 Å². The van der Waals surface area contributed by atoms with Crippen LogP contribution in [0.15, 0.2) is 47.4 Å². The summed E-state index contributed by atoms with van der Waals surface area (Å²) in [6, 6.07) is 11.4. The first-order valence-electron chi connectivity index (χ1n) is 9.05. The molecule has 1 fully saturated rings. The zero-order valence-corrected chi connectivity index (χ0v) is 17.1. The number of hydrogen-bond donors (Lipinski definition) is 1. The molecule has 1 amide bonds. The summed E-state index contributed by atoms with van der Waals surface area (Å²) >= 11 is 0. The fraction of sp³-hybridized carbons (Fsp3) is 0.350. The molecule has 2 aromatic rings. The van der Waals surface area contributed by atoms with Crippen molar-refractivity contribution in [1.29, 1.82) is 0 Å². The highest BCUT2D eigenvalue weighted by atomic mass is 32.2. The summed E-state index contributed by atoms with van der Waals surface area (Å²) in [5.41, 5.74) is 1.39. The maximum atomic E-state index is 12.9. The van der Waals surface area contributed by atoms with E-state index in [1.54, 1.807) is 55.3 Å². The lowest BCUT2D eigenvalue weighted by Gasteiger charge is -2.32. The molecule has 0 atom stereocenters. The number of anilines is 1. The van der Waals surface area contributed by atoms with Crippen molar-refractivity contribution in [2.75, 3.05) is 45.1 Å². The minimum absolute atomic E-state index is 0.100. The van der Waals surface area contributed by atoms with Gasteiger partial charge < -0.3 is 14.5 Å². The first-order chi connectivity index (χ1) is 13.3. The summed E-state index contributed by atoms with van der Waals surface area (Å²) in [6.07, 6.45) is 0. The Morgan fingerprint density at radius 2 is 1.68 bits per heavy atom. The Labute approximate surface area is 166 Å². The molecule has 150 valence electrons. The molecule has 28 heavy (non-hydrogen) atoms. The Morgan fingerprint density at radius 3 is 2.29 bits per heavy atom. The molecule has 0 bridgehead atoms. The largest absolute Gasteiger partial charge is 0.497 e. The van der Waals surface area contributed by atoms with Crippen LogP contribution >= 0.6 is 0 Å². The monoisotopic (exact) mass is 403 g/mol. The number of likely N-dealkylation sites (N-methyl/N-ethyl adjacent to an activating group) is 1. The van der Waals surface area contributed by atoms with Crippen molar-refractivity contribution in [1.82, 2.24) is 9.80 Å². The van der Waals surface area contributed by atoms with Gasteiger partial charge in [-0.05, 0) is 55.9 Å². The number of ether oxygens (including phenoxy) is 1. The summed E-state index contributed by atoms with van der Waals surface area (Å²) in [5.74, 6) is 0.493. The number of nitrogens with zero attached hydrogens (tertiary/aromatic N) is 2. The maximum absolute atomic E-state index is 12.9. The van der Waals surface area contributed by atoms with Crippen LogP contribution in [0.2, 0.25) is 0 Å². The Bertz CT molecular complexity index is 950. The third kappa shape index (κ3) is 4.45. The van der Waals surface area contributed by atoms with Crippen LogP contribution in [0.1, 0.15) is 15.9 Å². The molecule has 1 aliphatic rings. The molecular formula is C20H25N3O4S. The first-order valence-corrected chi connectivity index (χ1v) is 10.5. The van der Waals surface area contributed by atoms with Gasteiger partial charge in [0.2, 0.25) is 0 Å². The van der Waals surface area contributed by atoms with E-state index in [1.165, 1.54) is 6.07 Å². The van der Waals surface area contributed by atoms with Crippen LogP contribution in [0.25, 0.3) is 0 Å². The van der Waals surface area contributed by atoms with Gasteiger partial charge in [0, 0.05) is 37.4 Å². The molecule has 0 unspecified atom stereocenters. The number of hydrogen-bond acceptors (Lipinski definition) is 5. The van der Waals surface area contributed by atoms with E-state index >= 15 is 0 Å². The molecule has 0 saturated carbocycles. The van der Waals surface area contributed by atoms with Crippen molar-refractivity contribution < 1.29 is 17.9 Å². The van der Waals surface area contributed by atoms with Crippen molar-refractivity contribution in [2.45, 2.75) is 11.8 Å². The van der Waals surface area contributed by atoms with E-state index in [0.717, 1.165) is 13.1 Å². The second kappa shape index (κ2) is 8.20. The van der Waals surface area contributed by atoms with Crippen LogP contribution in [0.3, 0.4) is 0 Å². The van der Waals surface area contributed by atoms with Gasteiger partial charge in [-0.3, -0.25) is 9.52 Å². The highest BCUT2D eigenvalue weighted by Crippen LogP contribution is 2.23. The average molecular weight is 404 g/mol. The molecule has 0 aromatic heterocycles. The number of carbonyl (C=O) groups excluding carboxylic acids is 1. The van der Waals surface area contributed by atoms with E-state index in [9.17, 15) is 13.2 Å². The van der Waals surface area contributed by atoms with Gasteiger partial charge in [0.25, 0.3) is 15.9 Å². The smallest absolute Gasteiger partial charge is 0.262 e. The number of methoxy groups -OCH3 is 1. The molecular weight excluding hydrogens is 378 g/mol. The minimum atomic E-state index is -3.83. The molecule has 0 aliphatic carbocycles. The van der Waals surface area contributed by atoms with Crippen LogP contribution in [0.4, 0.5) is 5.69 Å². The number of carbonyl (C=O) groups is 1. The number of sulfonamides is 1. The molecule has 7 nitrogen and oxygen atoms in total. The van der Waals surface area contributed by atoms with E-state index in [-0.39, 0.29) is 10.8 Å². The molecule has 0 radical (unpaired) electrons. The van der Waals surface area contributed by atoms with Crippen LogP contribution in [0.5, 0.6) is 5.75 Å². The van der Waals surface area contributed by atoms with E-state index in [2.05, 4.69) is 9.62 Å². The SMILES string of the molecule is COc1ccc(NS(=O)(=O)c2cc(C(=O)N3CCN(C)CC3)ccc2C)cc1. The molecule has 3 rings (SSSR count). The van der Waals surface area contributed by atoms with E-state index in [0.29, 0.717) is 35.7 Å². The summed E-state index contributed by atoms with van der Waals surface area (Å²) in [4.78, 5) is 16.8. The van der Waals surface area contributed by atoms with Gasteiger partial charge in [0.15, 0.2) is 0 Å². The zero-order chi connectivity index (χ0) is 20.3. The van der Waals surface area contributed by atoms with E-state index in [4.69, 9.17) is 4.74 Å². The quantitative estimate of drug-likeness (QED) is 0.828. The third-order valence-electron chi connectivity index (χ3n) is 4.86. The lowest BCUT2D eigenvalue weighted by Crippen LogP contribution is -2.47. The normalized spacial score (nSPS) is 15.3. The predicted molar refractivity (Wildman–Crippen MR) is 108 cm³/mol. The Balaban J connectivity index is 1.84. The van der Waals surface area contributed by atoms with Crippen molar-refractivity contribution in [2.24, 2.45) is 0 Å². The highest BCUT2D eigenvalue weighted by molar-refractivity contribution is 7.92. The second-order valence-electron chi connectivity index (χ2n) is 6.91. The van der Waals surface area contributed by atoms with Gasteiger partial charge in [-0.15, -0.1) is 0 Å². The number of nitrogens with one attached hydrogen (secondary N) is 1. The average Bonchev–Trinajstić information content (AvgIpc) is 2.68. The molecule has 8 heteroatoms. The summed E-state index contributed by atoms with van der Waals surface area (Å²) in [5, 5.41) is 0. The number of benzene rings is 2. The van der Waals surface area contributed by atoms with Crippen LogP contribution in [-0.4, -0.2) is 64.5 Å². The van der Waals surface area contributed by atoms with Crippen molar-refractivity contribution in [3.63, 3.8) is 0 Å². The Kier molecular flexibility index (Phi) is 5.90. The van der Waals surface area contributed by atoms with E-state index in [1.807, 2.05) is 7.05 Å². The minimum Gasteiger partial charge on any atom is -0.497 e. The molecule has 1 N–H and O–H groups in total. The van der Waals surface area contributed by atoms with Gasteiger partial charge in [0.1, 0.15) is 5.75 Å². The first kappa shape index (κ1) is 20.2. The molecule has 1 aliphatic heterocycles. The number of rotatable bonds is 5. The number of piperazine rings is 1. The van der Waals surface area contributed by atoms with Crippen molar-refractivity contribution in [3.05, 3.63) is 53.6 Å². The molecule has 1 saturated heterocycles. The van der Waals surface area contributed by atoms with Gasteiger partial charge in [-0.1, -0.05) is 6.07 Å². The maximum Gasteiger partial charge on any atom is 0.262 e. The van der Waals surface area contributed by atoms with Gasteiger partial charge in [-0.2, -0.15) is 0 Å². The lowest BCUT2D eigenvalue weighted by molar-refractivity contribution is 0.0664. The standard InChI is InChI=1S/C20H25N3O4S/c1-15-4-5-16(20(24)23-12-10-22(2)11-13-23)14-19(15)28(25,26)21-17-6-8-18(27-3)9-7-17/h4-9,14,21H,10-13H2,1-3H3. The van der Waals surface area contributed by atoms with Gasteiger partial charge in [0.05, 0.1) is 12.0 Å². The van der Waals surface area contributed by atoms with E-state index < -0.39 is 10.0 Å². The summed E-state index contributed by atoms with van der Waals surface area (Å²) < 4.78 is 33.4. The third-order valence-corrected chi connectivity index (χ3v) is 6.38. The Morgan fingerprint density at radius 1 is 1.04 bits per heavy atom. The van der Waals surface area contributed by atoms with Crippen molar-refractivity contribution >= 4 is 21.6 Å². The lowest BCUT2D eigenvalue weighted by atomic mass is 10.1.